The highest BCUT2D eigenvalue weighted by Crippen LogP contribution is 2.43. The number of fused-ring (bicyclic) bond motifs is 2. The van der Waals surface area contributed by atoms with Crippen LogP contribution in [0.15, 0.2) is 23.1 Å². The van der Waals surface area contributed by atoms with E-state index in [-0.39, 0.29) is 11.5 Å². The van der Waals surface area contributed by atoms with Crippen LogP contribution in [0.3, 0.4) is 0 Å². The normalized spacial score (nSPS) is 28.7. The van der Waals surface area contributed by atoms with Gasteiger partial charge in [-0.2, -0.15) is 4.31 Å². The number of nitrogens with zero attached hydrogens (tertiary/aromatic N) is 1. The van der Waals surface area contributed by atoms with Crippen LogP contribution >= 0.6 is 11.6 Å². The highest BCUT2D eigenvalue weighted by molar-refractivity contribution is 7.89. The fourth-order valence-electron chi connectivity index (χ4n) is 3.15. The van der Waals surface area contributed by atoms with Gasteiger partial charge in [-0.05, 0) is 42.0 Å². The third-order valence-corrected chi connectivity index (χ3v) is 6.08. The molecule has 1 aromatic carbocycles. The van der Waals surface area contributed by atoms with Crippen LogP contribution < -0.4 is 0 Å². The Morgan fingerprint density at radius 2 is 2.11 bits per heavy atom. The molecule has 3 nitrogen and oxygen atoms in total. The summed E-state index contributed by atoms with van der Waals surface area (Å²) >= 11 is 5.96. The van der Waals surface area contributed by atoms with Crippen molar-refractivity contribution < 1.29 is 8.42 Å². The number of sulfonamides is 1. The Morgan fingerprint density at radius 1 is 1.39 bits per heavy atom. The molecule has 1 atom stereocenters. The Bertz CT molecular complexity index is 609. The Labute approximate surface area is 113 Å². The van der Waals surface area contributed by atoms with Crippen molar-refractivity contribution in [3.8, 4) is 0 Å². The van der Waals surface area contributed by atoms with Crippen molar-refractivity contribution in [1.29, 1.82) is 0 Å². The molecular formula is C13H16ClNO2S. The molecule has 0 aliphatic carbocycles. The van der Waals surface area contributed by atoms with Gasteiger partial charge in [0.05, 0.1) is 4.90 Å². The van der Waals surface area contributed by atoms with Crippen LogP contribution in [0.5, 0.6) is 0 Å². The zero-order valence-corrected chi connectivity index (χ0v) is 12.1. The highest BCUT2D eigenvalue weighted by Gasteiger charge is 2.47. The quantitative estimate of drug-likeness (QED) is 0.735. The van der Waals surface area contributed by atoms with Gasteiger partial charge in [0.1, 0.15) is 0 Å². The molecule has 1 aromatic rings. The van der Waals surface area contributed by atoms with Gasteiger partial charge in [0, 0.05) is 17.6 Å². The predicted molar refractivity (Wildman–Crippen MR) is 71.2 cm³/mol. The summed E-state index contributed by atoms with van der Waals surface area (Å²) in [5, 5.41) is 0.606. The van der Waals surface area contributed by atoms with Crippen LogP contribution in [0, 0.1) is 5.41 Å². The summed E-state index contributed by atoms with van der Waals surface area (Å²) in [6.45, 7) is 4.86. The standard InChI is InChI=1S/C13H16ClNO2S/c1-13(2)7-11-6-9-5-10(14)3-4-12(9)18(16,17)15(11)8-13/h3-5,11H,6-8H2,1-2H3/t11-/m1/s1. The second-order valence-corrected chi connectivity index (χ2v) is 8.32. The minimum Gasteiger partial charge on any atom is -0.207 e. The smallest absolute Gasteiger partial charge is 0.207 e. The van der Waals surface area contributed by atoms with Crippen LogP contribution in [0.4, 0.5) is 0 Å². The molecule has 5 heteroatoms. The summed E-state index contributed by atoms with van der Waals surface area (Å²) in [7, 11) is -3.33. The topological polar surface area (TPSA) is 37.4 Å². The maximum atomic E-state index is 12.6. The number of benzene rings is 1. The maximum absolute atomic E-state index is 12.6. The number of halogens is 1. The molecule has 2 heterocycles. The lowest BCUT2D eigenvalue weighted by Crippen LogP contribution is -2.41. The van der Waals surface area contributed by atoms with Crippen molar-refractivity contribution in [2.45, 2.75) is 37.6 Å². The zero-order valence-electron chi connectivity index (χ0n) is 10.5. The molecule has 2 aliphatic rings. The van der Waals surface area contributed by atoms with Crippen LogP contribution in [0.25, 0.3) is 0 Å². The van der Waals surface area contributed by atoms with Gasteiger partial charge in [0.25, 0.3) is 0 Å². The lowest BCUT2D eigenvalue weighted by Gasteiger charge is -2.30. The molecule has 0 radical (unpaired) electrons. The molecule has 98 valence electrons. The number of rotatable bonds is 0. The van der Waals surface area contributed by atoms with Crippen LogP contribution in [0.1, 0.15) is 25.8 Å². The van der Waals surface area contributed by atoms with Crippen molar-refractivity contribution in [2.24, 2.45) is 5.41 Å². The summed E-state index contributed by atoms with van der Waals surface area (Å²) < 4.78 is 26.8. The first kappa shape index (κ1) is 12.5. The van der Waals surface area contributed by atoms with E-state index in [1.54, 1.807) is 22.5 Å². The Morgan fingerprint density at radius 3 is 2.83 bits per heavy atom. The first-order chi connectivity index (χ1) is 8.29. The lowest BCUT2D eigenvalue weighted by atomic mass is 9.89. The second-order valence-electron chi connectivity index (χ2n) is 6.03. The van der Waals surface area contributed by atoms with Gasteiger partial charge < -0.3 is 0 Å². The van der Waals surface area contributed by atoms with E-state index >= 15 is 0 Å². The monoisotopic (exact) mass is 285 g/mol. The molecule has 0 bridgehead atoms. The van der Waals surface area contributed by atoms with E-state index in [0.717, 1.165) is 18.4 Å². The SMILES string of the molecule is CC1(C)C[C@H]2Cc3cc(Cl)ccc3S(=O)(=O)N2C1. The summed E-state index contributed by atoms with van der Waals surface area (Å²) in [4.78, 5) is 0.431. The maximum Gasteiger partial charge on any atom is 0.243 e. The molecular weight excluding hydrogens is 270 g/mol. The van der Waals surface area contributed by atoms with Gasteiger partial charge in [0.15, 0.2) is 0 Å². The third-order valence-electron chi connectivity index (χ3n) is 3.84. The van der Waals surface area contributed by atoms with Gasteiger partial charge in [-0.15, -0.1) is 0 Å². The minimum atomic E-state index is -3.33. The van der Waals surface area contributed by atoms with E-state index in [1.807, 2.05) is 0 Å². The summed E-state index contributed by atoms with van der Waals surface area (Å²) in [6, 6.07) is 5.17. The molecule has 0 amide bonds. The first-order valence-corrected chi connectivity index (χ1v) is 7.92. The molecule has 0 saturated carbocycles. The van der Waals surface area contributed by atoms with Crippen molar-refractivity contribution in [3.05, 3.63) is 28.8 Å². The van der Waals surface area contributed by atoms with E-state index in [9.17, 15) is 8.42 Å². The van der Waals surface area contributed by atoms with Crippen LogP contribution in [-0.2, 0) is 16.4 Å². The van der Waals surface area contributed by atoms with Gasteiger partial charge in [-0.25, -0.2) is 8.42 Å². The fraction of sp³-hybridized carbons (Fsp3) is 0.538. The van der Waals surface area contributed by atoms with E-state index in [4.69, 9.17) is 11.6 Å². The molecule has 2 aliphatic heterocycles. The Hall–Kier alpha value is -0.580. The van der Waals surface area contributed by atoms with Crippen LogP contribution in [-0.4, -0.2) is 25.3 Å². The molecule has 0 aromatic heterocycles. The number of hydrogen-bond donors (Lipinski definition) is 0. The predicted octanol–water partition coefficient (Wildman–Crippen LogP) is 2.69. The second kappa shape index (κ2) is 3.71. The molecule has 3 rings (SSSR count). The molecule has 1 saturated heterocycles. The molecule has 18 heavy (non-hydrogen) atoms. The summed E-state index contributed by atoms with van der Waals surface area (Å²) in [6.07, 6.45) is 1.69. The number of hydrogen-bond acceptors (Lipinski definition) is 2. The van der Waals surface area contributed by atoms with Crippen LogP contribution in [0.2, 0.25) is 5.02 Å². The van der Waals surface area contributed by atoms with E-state index in [2.05, 4.69) is 13.8 Å². The third kappa shape index (κ3) is 1.78. The van der Waals surface area contributed by atoms with Crippen molar-refractivity contribution in [2.75, 3.05) is 6.54 Å². The van der Waals surface area contributed by atoms with Crippen molar-refractivity contribution in [1.82, 2.24) is 4.31 Å². The van der Waals surface area contributed by atoms with E-state index in [1.165, 1.54) is 0 Å². The van der Waals surface area contributed by atoms with Gasteiger partial charge in [0.2, 0.25) is 10.0 Å². The summed E-state index contributed by atoms with van der Waals surface area (Å²) in [5.41, 5.74) is 0.922. The molecule has 0 N–H and O–H groups in total. The van der Waals surface area contributed by atoms with Gasteiger partial charge in [-0.3, -0.25) is 0 Å². The Balaban J connectivity index is 2.14. The summed E-state index contributed by atoms with van der Waals surface area (Å²) in [5.74, 6) is 0. The molecule has 1 fully saturated rings. The van der Waals surface area contributed by atoms with Crippen molar-refractivity contribution >= 4 is 21.6 Å². The van der Waals surface area contributed by atoms with Crippen molar-refractivity contribution in [3.63, 3.8) is 0 Å². The average molecular weight is 286 g/mol. The molecule has 0 spiro atoms. The molecule has 0 unspecified atom stereocenters. The Kier molecular flexibility index (Phi) is 2.57. The fourth-order valence-corrected chi connectivity index (χ4v) is 5.37. The first-order valence-electron chi connectivity index (χ1n) is 6.10. The van der Waals surface area contributed by atoms with Gasteiger partial charge >= 0.3 is 0 Å². The highest BCUT2D eigenvalue weighted by atomic mass is 35.5. The average Bonchev–Trinajstić information content (AvgIpc) is 2.53. The van der Waals surface area contributed by atoms with Gasteiger partial charge in [-0.1, -0.05) is 25.4 Å². The zero-order chi connectivity index (χ0) is 13.1. The van der Waals surface area contributed by atoms with E-state index < -0.39 is 10.0 Å². The largest absolute Gasteiger partial charge is 0.243 e. The lowest BCUT2D eigenvalue weighted by molar-refractivity contribution is 0.358. The van der Waals surface area contributed by atoms with E-state index in [0.29, 0.717) is 16.5 Å². The minimum absolute atomic E-state index is 0.0591.